The summed E-state index contributed by atoms with van der Waals surface area (Å²) in [7, 11) is 0. The number of anilines is 1. The fraction of sp³-hybridized carbons (Fsp3) is 0.600. The maximum absolute atomic E-state index is 12.7. The first kappa shape index (κ1) is 20.7. The Balaban J connectivity index is 1.88. The Morgan fingerprint density at radius 1 is 1.35 bits per heavy atom. The number of benzene rings is 1. The number of piperidine rings is 1. The van der Waals surface area contributed by atoms with Crippen LogP contribution in [0.2, 0.25) is 5.02 Å². The summed E-state index contributed by atoms with van der Waals surface area (Å²) < 4.78 is 0. The minimum atomic E-state index is -0.180. The van der Waals surface area contributed by atoms with Gasteiger partial charge in [0, 0.05) is 23.7 Å². The van der Waals surface area contributed by atoms with Gasteiger partial charge in [0.1, 0.15) is 0 Å². The van der Waals surface area contributed by atoms with Crippen LogP contribution in [0.25, 0.3) is 0 Å². The van der Waals surface area contributed by atoms with Gasteiger partial charge in [0.25, 0.3) is 0 Å². The Morgan fingerprint density at radius 3 is 2.69 bits per heavy atom. The third-order valence-corrected chi connectivity index (χ3v) is 5.20. The van der Waals surface area contributed by atoms with Crippen LogP contribution in [0.4, 0.5) is 5.69 Å². The molecule has 0 radical (unpaired) electrons. The summed E-state index contributed by atoms with van der Waals surface area (Å²) in [6, 6.07) is 6.97. The Hall–Kier alpha value is -1.59. The van der Waals surface area contributed by atoms with E-state index in [0.29, 0.717) is 35.5 Å². The predicted molar refractivity (Wildman–Crippen MR) is 106 cm³/mol. The third-order valence-electron chi connectivity index (χ3n) is 4.95. The van der Waals surface area contributed by atoms with Crippen LogP contribution in [-0.4, -0.2) is 42.9 Å². The molecule has 0 saturated carbocycles. The van der Waals surface area contributed by atoms with Crippen LogP contribution < -0.4 is 10.6 Å². The molecular weight excluding hydrogens is 350 g/mol. The minimum Gasteiger partial charge on any atom is -0.333 e. The van der Waals surface area contributed by atoms with Crippen molar-refractivity contribution in [3.63, 3.8) is 0 Å². The molecule has 0 bridgehead atoms. The lowest BCUT2D eigenvalue weighted by molar-refractivity contribution is -0.135. The van der Waals surface area contributed by atoms with Gasteiger partial charge in [0.15, 0.2) is 0 Å². The minimum absolute atomic E-state index is 0.0659. The molecule has 0 aliphatic carbocycles. The third kappa shape index (κ3) is 6.61. The van der Waals surface area contributed by atoms with Crippen LogP contribution in [0.1, 0.15) is 39.5 Å². The molecule has 2 amide bonds. The van der Waals surface area contributed by atoms with Crippen LogP contribution in [-0.2, 0) is 9.59 Å². The molecule has 1 aliphatic heterocycles. The van der Waals surface area contributed by atoms with E-state index < -0.39 is 0 Å². The summed E-state index contributed by atoms with van der Waals surface area (Å²) in [6.45, 7) is 6.91. The molecule has 2 atom stereocenters. The highest BCUT2D eigenvalue weighted by Crippen LogP contribution is 2.23. The summed E-state index contributed by atoms with van der Waals surface area (Å²) in [6.07, 6.45) is 3.68. The van der Waals surface area contributed by atoms with Gasteiger partial charge in [-0.15, -0.1) is 0 Å². The summed E-state index contributed by atoms with van der Waals surface area (Å²) in [5.41, 5.74) is 0.685. The van der Waals surface area contributed by atoms with Gasteiger partial charge in [-0.05, 0) is 68.5 Å². The van der Waals surface area contributed by atoms with Crippen molar-refractivity contribution in [2.24, 2.45) is 11.8 Å². The van der Waals surface area contributed by atoms with Gasteiger partial charge >= 0.3 is 0 Å². The molecule has 144 valence electrons. The normalized spacial score (nSPS) is 18.2. The van der Waals surface area contributed by atoms with Crippen LogP contribution >= 0.6 is 11.6 Å². The van der Waals surface area contributed by atoms with Crippen LogP contribution in [0.3, 0.4) is 0 Å². The van der Waals surface area contributed by atoms with E-state index in [4.69, 9.17) is 11.6 Å². The zero-order chi connectivity index (χ0) is 18.9. The molecule has 2 N–H and O–H groups in total. The molecule has 2 unspecified atom stereocenters. The molecule has 1 aromatic carbocycles. The number of hydrogen-bond acceptors (Lipinski definition) is 3. The van der Waals surface area contributed by atoms with Crippen molar-refractivity contribution in [3.05, 3.63) is 29.3 Å². The lowest BCUT2D eigenvalue weighted by atomic mass is 9.85. The predicted octanol–water partition coefficient (Wildman–Crippen LogP) is 3.54. The van der Waals surface area contributed by atoms with E-state index in [9.17, 15) is 9.59 Å². The second-order valence-corrected chi connectivity index (χ2v) is 7.59. The second kappa shape index (κ2) is 10.5. The van der Waals surface area contributed by atoms with Crippen molar-refractivity contribution in [1.82, 2.24) is 10.2 Å². The van der Waals surface area contributed by atoms with Crippen LogP contribution in [0, 0.1) is 11.8 Å². The molecular formula is C20H30ClN3O2. The van der Waals surface area contributed by atoms with Crippen molar-refractivity contribution in [1.29, 1.82) is 0 Å². The highest BCUT2D eigenvalue weighted by Gasteiger charge is 2.25. The average Bonchev–Trinajstić information content (AvgIpc) is 2.64. The molecule has 1 fully saturated rings. The molecule has 1 saturated heterocycles. The quantitative estimate of drug-likeness (QED) is 0.726. The van der Waals surface area contributed by atoms with Gasteiger partial charge in [-0.1, -0.05) is 25.4 Å². The number of carbonyl (C=O) groups is 2. The van der Waals surface area contributed by atoms with E-state index in [2.05, 4.69) is 17.6 Å². The Kier molecular flexibility index (Phi) is 8.39. The summed E-state index contributed by atoms with van der Waals surface area (Å²) >= 11 is 5.86. The highest BCUT2D eigenvalue weighted by molar-refractivity contribution is 6.30. The summed E-state index contributed by atoms with van der Waals surface area (Å²) in [5, 5.41) is 6.86. The smallest absolute Gasteiger partial charge is 0.243 e. The van der Waals surface area contributed by atoms with Crippen molar-refractivity contribution in [3.8, 4) is 0 Å². The second-order valence-electron chi connectivity index (χ2n) is 7.16. The van der Waals surface area contributed by atoms with E-state index >= 15 is 0 Å². The molecule has 0 spiro atoms. The molecule has 1 aliphatic rings. The standard InChI is InChI=1S/C20H30ClN3O2/c1-3-11-24(14-19(25)23-18-8-6-17(21)7-9-18)20(26)12-15(2)16-5-4-10-22-13-16/h6-9,15-16,22H,3-5,10-14H2,1-2H3,(H,23,25). The van der Waals surface area contributed by atoms with Gasteiger partial charge in [-0.3, -0.25) is 9.59 Å². The zero-order valence-corrected chi connectivity index (χ0v) is 16.5. The molecule has 6 heteroatoms. The van der Waals surface area contributed by atoms with Gasteiger partial charge in [-0.25, -0.2) is 0 Å². The number of hydrogen-bond donors (Lipinski definition) is 2. The zero-order valence-electron chi connectivity index (χ0n) is 15.8. The molecule has 1 heterocycles. The number of nitrogens with one attached hydrogen (secondary N) is 2. The first-order valence-electron chi connectivity index (χ1n) is 9.53. The number of halogens is 1. The summed E-state index contributed by atoms with van der Waals surface area (Å²) in [5.74, 6) is 0.755. The van der Waals surface area contributed by atoms with Crippen molar-refractivity contribution in [2.75, 3.05) is 31.5 Å². The number of rotatable bonds is 8. The van der Waals surface area contributed by atoms with E-state index in [1.54, 1.807) is 29.2 Å². The van der Waals surface area contributed by atoms with E-state index in [1.807, 2.05) is 6.92 Å². The van der Waals surface area contributed by atoms with Gasteiger partial charge in [0.05, 0.1) is 6.54 Å². The Morgan fingerprint density at radius 2 is 2.08 bits per heavy atom. The number of nitrogens with zero attached hydrogens (tertiary/aromatic N) is 1. The fourth-order valence-corrected chi connectivity index (χ4v) is 3.53. The van der Waals surface area contributed by atoms with Gasteiger partial charge in [0.2, 0.25) is 11.8 Å². The number of carbonyl (C=O) groups excluding carboxylic acids is 2. The Bertz CT molecular complexity index is 585. The molecule has 0 aromatic heterocycles. The van der Waals surface area contributed by atoms with E-state index in [-0.39, 0.29) is 18.4 Å². The van der Waals surface area contributed by atoms with E-state index in [1.165, 1.54) is 12.8 Å². The lowest BCUT2D eigenvalue weighted by Crippen LogP contribution is -2.41. The van der Waals surface area contributed by atoms with E-state index in [0.717, 1.165) is 19.5 Å². The lowest BCUT2D eigenvalue weighted by Gasteiger charge is -2.30. The van der Waals surface area contributed by atoms with Crippen molar-refractivity contribution >= 4 is 29.1 Å². The number of amides is 2. The van der Waals surface area contributed by atoms with Crippen molar-refractivity contribution < 1.29 is 9.59 Å². The van der Waals surface area contributed by atoms with Gasteiger partial charge in [-0.2, -0.15) is 0 Å². The average molecular weight is 380 g/mol. The van der Waals surface area contributed by atoms with Crippen LogP contribution in [0.15, 0.2) is 24.3 Å². The first-order chi connectivity index (χ1) is 12.5. The maximum atomic E-state index is 12.7. The SMILES string of the molecule is CCCN(CC(=O)Nc1ccc(Cl)cc1)C(=O)CC(C)C1CCCNC1. The Labute approximate surface area is 161 Å². The highest BCUT2D eigenvalue weighted by atomic mass is 35.5. The molecule has 2 rings (SSSR count). The van der Waals surface area contributed by atoms with Gasteiger partial charge < -0.3 is 15.5 Å². The topological polar surface area (TPSA) is 61.4 Å². The van der Waals surface area contributed by atoms with Crippen molar-refractivity contribution in [2.45, 2.75) is 39.5 Å². The first-order valence-corrected chi connectivity index (χ1v) is 9.91. The largest absolute Gasteiger partial charge is 0.333 e. The molecule has 26 heavy (non-hydrogen) atoms. The fourth-order valence-electron chi connectivity index (χ4n) is 3.40. The van der Waals surface area contributed by atoms with Crippen LogP contribution in [0.5, 0.6) is 0 Å². The maximum Gasteiger partial charge on any atom is 0.243 e. The summed E-state index contributed by atoms with van der Waals surface area (Å²) in [4.78, 5) is 26.7. The molecule has 5 nitrogen and oxygen atoms in total. The molecule has 1 aromatic rings. The monoisotopic (exact) mass is 379 g/mol.